The predicted octanol–water partition coefficient (Wildman–Crippen LogP) is 2.48. The number of hydrogen-bond donors (Lipinski definition) is 1. The summed E-state index contributed by atoms with van der Waals surface area (Å²) in [5.74, 6) is 1.59. The summed E-state index contributed by atoms with van der Waals surface area (Å²) in [4.78, 5) is 11.7. The van der Waals surface area contributed by atoms with Crippen LogP contribution in [0.3, 0.4) is 0 Å². The zero-order valence-corrected chi connectivity index (χ0v) is 13.0. The number of rotatable bonds is 5. The lowest BCUT2D eigenvalue weighted by molar-refractivity contribution is 0.395. The lowest BCUT2D eigenvalue weighted by atomic mass is 10.3. The summed E-state index contributed by atoms with van der Waals surface area (Å²) < 4.78 is 7.38. The summed E-state index contributed by atoms with van der Waals surface area (Å²) in [5.41, 5.74) is 1.97. The van der Waals surface area contributed by atoms with Crippen LogP contribution in [0, 0.1) is 0 Å². The highest BCUT2D eigenvalue weighted by Crippen LogP contribution is 2.24. The molecule has 0 radical (unpaired) electrons. The van der Waals surface area contributed by atoms with Crippen molar-refractivity contribution in [2.24, 2.45) is 0 Å². The van der Waals surface area contributed by atoms with Gasteiger partial charge >= 0.3 is 0 Å². The summed E-state index contributed by atoms with van der Waals surface area (Å²) in [6.07, 6.45) is 3.83. The Kier molecular flexibility index (Phi) is 3.66. The summed E-state index contributed by atoms with van der Waals surface area (Å²) in [6.45, 7) is 0.629. The van der Waals surface area contributed by atoms with Crippen molar-refractivity contribution in [3.8, 4) is 5.88 Å². The van der Waals surface area contributed by atoms with E-state index >= 15 is 0 Å². The minimum absolute atomic E-state index is 0.629. The molecule has 6 nitrogen and oxygen atoms in total. The number of ether oxygens (including phenoxy) is 1. The monoisotopic (exact) mass is 303 g/mol. The van der Waals surface area contributed by atoms with Crippen molar-refractivity contribution in [2.75, 3.05) is 31.4 Å². The molecule has 110 valence electrons. The second kappa shape index (κ2) is 5.61. The van der Waals surface area contributed by atoms with Gasteiger partial charge in [-0.3, -0.25) is 4.40 Å². The molecule has 0 bridgehead atoms. The Hall–Kier alpha value is -2.28. The minimum atomic E-state index is 0.629. The van der Waals surface area contributed by atoms with Gasteiger partial charge in [-0.2, -0.15) is 4.98 Å². The van der Waals surface area contributed by atoms with Crippen molar-refractivity contribution in [3.63, 3.8) is 0 Å². The molecule has 0 spiro atoms. The zero-order chi connectivity index (χ0) is 14.8. The molecule has 3 heterocycles. The molecule has 3 aromatic heterocycles. The van der Waals surface area contributed by atoms with Crippen LogP contribution in [0.15, 0.2) is 29.9 Å². The first-order valence-corrected chi connectivity index (χ1v) is 7.42. The molecule has 0 atom stereocenters. The molecule has 21 heavy (non-hydrogen) atoms. The molecule has 0 aliphatic carbocycles. The Morgan fingerprint density at radius 3 is 2.90 bits per heavy atom. The third-order valence-corrected chi connectivity index (χ3v) is 3.94. The maximum absolute atomic E-state index is 5.34. The summed E-state index contributed by atoms with van der Waals surface area (Å²) in [6, 6.07) is 4.00. The van der Waals surface area contributed by atoms with Gasteiger partial charge in [-0.15, -0.1) is 11.3 Å². The Balaban J connectivity index is 1.78. The molecule has 0 saturated carbocycles. The Labute approximate surface area is 127 Å². The van der Waals surface area contributed by atoms with Crippen LogP contribution >= 0.6 is 11.3 Å². The van der Waals surface area contributed by atoms with Crippen molar-refractivity contribution in [1.82, 2.24) is 14.4 Å². The molecule has 0 saturated heterocycles. The van der Waals surface area contributed by atoms with Gasteiger partial charge in [0.05, 0.1) is 25.5 Å². The quantitative estimate of drug-likeness (QED) is 0.785. The van der Waals surface area contributed by atoms with Crippen molar-refractivity contribution in [2.45, 2.75) is 6.54 Å². The number of anilines is 2. The van der Waals surface area contributed by atoms with Gasteiger partial charge in [0.2, 0.25) is 5.88 Å². The van der Waals surface area contributed by atoms with Gasteiger partial charge in [0.15, 0.2) is 4.96 Å². The normalized spacial score (nSPS) is 10.8. The molecule has 0 unspecified atom stereocenters. The van der Waals surface area contributed by atoms with Crippen LogP contribution in [0.4, 0.5) is 11.5 Å². The highest BCUT2D eigenvalue weighted by Gasteiger charge is 2.13. The van der Waals surface area contributed by atoms with Gasteiger partial charge in [-0.1, -0.05) is 0 Å². The van der Waals surface area contributed by atoms with Gasteiger partial charge in [0, 0.05) is 25.7 Å². The van der Waals surface area contributed by atoms with Crippen molar-refractivity contribution >= 4 is 27.8 Å². The number of pyridine rings is 1. The van der Waals surface area contributed by atoms with E-state index in [1.54, 1.807) is 18.4 Å². The van der Waals surface area contributed by atoms with E-state index in [-0.39, 0.29) is 0 Å². The number of hydrogen-bond acceptors (Lipinski definition) is 6. The average molecular weight is 303 g/mol. The molecule has 3 aromatic rings. The zero-order valence-electron chi connectivity index (χ0n) is 12.2. The number of nitrogens with zero attached hydrogens (tertiary/aromatic N) is 4. The lowest BCUT2D eigenvalue weighted by Gasteiger charge is -2.12. The van der Waals surface area contributed by atoms with Gasteiger partial charge < -0.3 is 15.0 Å². The van der Waals surface area contributed by atoms with Crippen LogP contribution < -0.4 is 15.0 Å². The first-order chi connectivity index (χ1) is 10.2. The van der Waals surface area contributed by atoms with E-state index in [9.17, 15) is 0 Å². The fraction of sp³-hybridized carbons (Fsp3) is 0.286. The van der Waals surface area contributed by atoms with Crippen molar-refractivity contribution in [3.05, 3.63) is 35.6 Å². The minimum Gasteiger partial charge on any atom is -0.480 e. The van der Waals surface area contributed by atoms with Gasteiger partial charge in [-0.05, 0) is 12.1 Å². The number of thiazole rings is 1. The third kappa shape index (κ3) is 2.64. The number of fused-ring (bicyclic) bond motifs is 1. The van der Waals surface area contributed by atoms with Gasteiger partial charge in [-0.25, -0.2) is 4.98 Å². The van der Waals surface area contributed by atoms with E-state index in [0.29, 0.717) is 12.4 Å². The van der Waals surface area contributed by atoms with E-state index in [2.05, 4.69) is 15.3 Å². The smallest absolute Gasteiger partial charge is 0.238 e. The highest BCUT2D eigenvalue weighted by molar-refractivity contribution is 7.15. The largest absolute Gasteiger partial charge is 0.480 e. The molecule has 0 aliphatic rings. The lowest BCUT2D eigenvalue weighted by Crippen LogP contribution is -2.10. The number of aromatic nitrogens is 3. The molecule has 1 N–H and O–H groups in total. The van der Waals surface area contributed by atoms with E-state index < -0.39 is 0 Å². The van der Waals surface area contributed by atoms with Crippen molar-refractivity contribution < 1.29 is 4.74 Å². The SMILES string of the molecule is COc1nc2sccn2c1CNc1ccc(N(C)C)nc1. The molecule has 0 aromatic carbocycles. The van der Waals surface area contributed by atoms with Gasteiger partial charge in [0.1, 0.15) is 11.5 Å². The second-order valence-electron chi connectivity index (χ2n) is 4.78. The van der Waals surface area contributed by atoms with Crippen LogP contribution in [-0.4, -0.2) is 35.6 Å². The highest BCUT2D eigenvalue weighted by atomic mass is 32.1. The molecule has 3 rings (SSSR count). The average Bonchev–Trinajstić information content (AvgIpc) is 3.06. The van der Waals surface area contributed by atoms with Crippen molar-refractivity contribution in [1.29, 1.82) is 0 Å². The molecule has 0 amide bonds. The Morgan fingerprint density at radius 2 is 2.24 bits per heavy atom. The fourth-order valence-electron chi connectivity index (χ4n) is 2.08. The molecule has 7 heteroatoms. The molecular weight excluding hydrogens is 286 g/mol. The maximum atomic E-state index is 5.34. The first-order valence-electron chi connectivity index (χ1n) is 6.54. The number of methoxy groups -OCH3 is 1. The first kappa shape index (κ1) is 13.7. The molecular formula is C14H17N5OS. The van der Waals surface area contributed by atoms with Crippen LogP contribution in [0.5, 0.6) is 5.88 Å². The fourth-order valence-corrected chi connectivity index (χ4v) is 2.80. The second-order valence-corrected chi connectivity index (χ2v) is 5.65. The van der Waals surface area contributed by atoms with Crippen LogP contribution in [0.2, 0.25) is 0 Å². The third-order valence-electron chi connectivity index (χ3n) is 3.18. The van der Waals surface area contributed by atoms with Crippen LogP contribution in [0.25, 0.3) is 4.96 Å². The van der Waals surface area contributed by atoms with E-state index in [4.69, 9.17) is 4.74 Å². The Morgan fingerprint density at radius 1 is 1.38 bits per heavy atom. The summed E-state index contributed by atoms with van der Waals surface area (Å²) >= 11 is 1.59. The topological polar surface area (TPSA) is 54.7 Å². The molecule has 0 fully saturated rings. The van der Waals surface area contributed by atoms with Crippen LogP contribution in [0.1, 0.15) is 5.69 Å². The van der Waals surface area contributed by atoms with Gasteiger partial charge in [0.25, 0.3) is 0 Å². The maximum Gasteiger partial charge on any atom is 0.238 e. The summed E-state index contributed by atoms with van der Waals surface area (Å²) in [5, 5.41) is 5.37. The van der Waals surface area contributed by atoms with E-state index in [0.717, 1.165) is 22.2 Å². The number of imidazole rings is 1. The Bertz CT molecular complexity index is 731. The van der Waals surface area contributed by atoms with E-state index in [1.807, 2.05) is 53.3 Å². The van der Waals surface area contributed by atoms with E-state index in [1.165, 1.54) is 0 Å². The number of nitrogens with one attached hydrogen (secondary N) is 1. The summed E-state index contributed by atoms with van der Waals surface area (Å²) in [7, 11) is 5.59. The van der Waals surface area contributed by atoms with Crippen LogP contribution in [-0.2, 0) is 6.54 Å². The molecule has 0 aliphatic heterocycles. The predicted molar refractivity (Wildman–Crippen MR) is 85.5 cm³/mol. The standard InChI is InChI=1S/C14H17N5OS/c1-18(2)12-5-4-10(8-16-12)15-9-11-13(20-3)17-14-19(11)6-7-21-14/h4-8,15H,9H2,1-3H3.